The molecule has 0 unspecified atom stereocenters. The van der Waals surface area contributed by atoms with Crippen LogP contribution < -0.4 is 5.32 Å². The van der Waals surface area contributed by atoms with Gasteiger partial charge >= 0.3 is 0 Å². The van der Waals surface area contributed by atoms with E-state index in [1.165, 1.54) is 5.69 Å². The van der Waals surface area contributed by atoms with E-state index in [-0.39, 0.29) is 0 Å². The minimum Gasteiger partial charge on any atom is -0.348 e. The van der Waals surface area contributed by atoms with Crippen LogP contribution in [0.5, 0.6) is 0 Å². The van der Waals surface area contributed by atoms with Crippen LogP contribution in [-0.2, 0) is 6.54 Å². The molecule has 1 fully saturated rings. The first-order chi connectivity index (χ1) is 11.2. The Hall–Kier alpha value is -1.57. The Balaban J connectivity index is 1.52. The van der Waals surface area contributed by atoms with Crippen LogP contribution in [0.3, 0.4) is 0 Å². The number of hydrogen-bond donors (Lipinski definition) is 1. The fourth-order valence-electron chi connectivity index (χ4n) is 2.68. The molecule has 2 aromatic rings. The van der Waals surface area contributed by atoms with E-state index in [2.05, 4.69) is 37.4 Å². The van der Waals surface area contributed by atoms with Gasteiger partial charge in [-0.25, -0.2) is 4.98 Å². The van der Waals surface area contributed by atoms with Gasteiger partial charge in [-0.2, -0.15) is 0 Å². The number of rotatable bonds is 3. The smallest absolute Gasteiger partial charge is 0.173 e. The van der Waals surface area contributed by atoms with Gasteiger partial charge < -0.3 is 10.2 Å². The Kier molecular flexibility index (Phi) is 5.53. The molecule has 0 amide bonds. The summed E-state index contributed by atoms with van der Waals surface area (Å²) in [4.78, 5) is 13.4. The van der Waals surface area contributed by atoms with Crippen LogP contribution in [0.2, 0.25) is 0 Å². The van der Waals surface area contributed by atoms with E-state index in [0.717, 1.165) is 55.0 Å². The van der Waals surface area contributed by atoms with Crippen molar-refractivity contribution in [1.82, 2.24) is 19.8 Å². The summed E-state index contributed by atoms with van der Waals surface area (Å²) in [5.41, 5.74) is 2.12. The Morgan fingerprint density at radius 3 is 3.00 bits per heavy atom. The summed E-state index contributed by atoms with van der Waals surface area (Å²) in [7, 11) is 0. The van der Waals surface area contributed by atoms with Crippen molar-refractivity contribution in [2.24, 2.45) is 0 Å². The van der Waals surface area contributed by atoms with E-state index in [4.69, 9.17) is 12.2 Å². The van der Waals surface area contributed by atoms with Crippen LogP contribution >= 0.6 is 23.6 Å². The van der Waals surface area contributed by atoms with E-state index >= 15 is 0 Å². The topological polar surface area (TPSA) is 44.3 Å². The molecular formula is C16H21N5S2. The molecule has 0 saturated carbocycles. The second-order valence-electron chi connectivity index (χ2n) is 5.65. The molecule has 0 radical (unpaired) electrons. The van der Waals surface area contributed by atoms with Crippen LogP contribution in [0.4, 0.5) is 5.69 Å². The maximum atomic E-state index is 5.55. The summed E-state index contributed by atoms with van der Waals surface area (Å²) in [6, 6.07) is 3.89. The normalized spacial score (nSPS) is 16.1. The highest BCUT2D eigenvalue weighted by Crippen LogP contribution is 2.13. The van der Waals surface area contributed by atoms with Crippen LogP contribution in [0.1, 0.15) is 17.1 Å². The van der Waals surface area contributed by atoms with Crippen LogP contribution in [0.25, 0.3) is 0 Å². The van der Waals surface area contributed by atoms with E-state index in [1.807, 2.05) is 12.1 Å². The first kappa shape index (κ1) is 16.3. The summed E-state index contributed by atoms with van der Waals surface area (Å²) in [6.45, 7) is 7.00. The number of nitrogens with zero attached hydrogens (tertiary/aromatic N) is 4. The van der Waals surface area contributed by atoms with Gasteiger partial charge in [-0.15, -0.1) is 11.3 Å². The predicted molar refractivity (Wildman–Crippen MR) is 98.8 cm³/mol. The van der Waals surface area contributed by atoms with Gasteiger partial charge in [0.2, 0.25) is 0 Å². The van der Waals surface area contributed by atoms with Crippen molar-refractivity contribution in [3.8, 4) is 0 Å². The number of aryl methyl sites for hydroxylation is 1. The first-order valence-electron chi connectivity index (χ1n) is 7.80. The summed E-state index contributed by atoms with van der Waals surface area (Å²) in [6.07, 6.45) is 4.66. The summed E-state index contributed by atoms with van der Waals surface area (Å²) in [5, 5.41) is 7.35. The SMILES string of the molecule is Cc1nc(CN2CCCN(C(=S)Nc3cccnc3)CC2)cs1. The van der Waals surface area contributed by atoms with E-state index in [1.54, 1.807) is 23.7 Å². The standard InChI is InChI=1S/C16H21N5S2/c1-13-18-15(12-23-13)11-20-6-3-7-21(9-8-20)16(22)19-14-4-2-5-17-10-14/h2,4-5,10,12H,3,6-9,11H2,1H3,(H,19,22). The summed E-state index contributed by atoms with van der Waals surface area (Å²) >= 11 is 7.27. The minimum atomic E-state index is 0.782. The van der Waals surface area contributed by atoms with Crippen molar-refractivity contribution in [2.75, 3.05) is 31.5 Å². The molecule has 7 heteroatoms. The largest absolute Gasteiger partial charge is 0.348 e. The van der Waals surface area contributed by atoms with Crippen molar-refractivity contribution in [2.45, 2.75) is 19.9 Å². The van der Waals surface area contributed by atoms with Gasteiger partial charge in [0.05, 0.1) is 22.6 Å². The lowest BCUT2D eigenvalue weighted by molar-refractivity contribution is 0.275. The Bertz CT molecular complexity index is 643. The van der Waals surface area contributed by atoms with E-state index in [9.17, 15) is 0 Å². The third-order valence-electron chi connectivity index (χ3n) is 3.84. The molecule has 1 saturated heterocycles. The van der Waals surface area contributed by atoms with E-state index < -0.39 is 0 Å². The Morgan fingerprint density at radius 1 is 1.35 bits per heavy atom. The third-order valence-corrected chi connectivity index (χ3v) is 5.02. The monoisotopic (exact) mass is 347 g/mol. The van der Waals surface area contributed by atoms with E-state index in [0.29, 0.717) is 0 Å². The molecule has 0 bridgehead atoms. The van der Waals surface area contributed by atoms with Crippen LogP contribution in [0, 0.1) is 6.92 Å². The number of aromatic nitrogens is 2. The number of pyridine rings is 1. The highest BCUT2D eigenvalue weighted by molar-refractivity contribution is 7.80. The number of hydrogen-bond acceptors (Lipinski definition) is 5. The average molecular weight is 348 g/mol. The molecule has 3 rings (SSSR count). The highest BCUT2D eigenvalue weighted by atomic mass is 32.1. The maximum absolute atomic E-state index is 5.55. The molecule has 1 N–H and O–H groups in total. The second-order valence-corrected chi connectivity index (χ2v) is 7.10. The van der Waals surface area contributed by atoms with Gasteiger partial charge in [0, 0.05) is 44.3 Å². The van der Waals surface area contributed by atoms with Crippen molar-refractivity contribution in [3.05, 3.63) is 40.6 Å². The van der Waals surface area contributed by atoms with Crippen LogP contribution in [-0.4, -0.2) is 51.1 Å². The van der Waals surface area contributed by atoms with Crippen molar-refractivity contribution < 1.29 is 0 Å². The Labute approximate surface area is 146 Å². The molecule has 0 aliphatic carbocycles. The molecule has 1 aliphatic rings. The second kappa shape index (κ2) is 7.81. The van der Waals surface area contributed by atoms with Gasteiger partial charge in [0.1, 0.15) is 0 Å². The predicted octanol–water partition coefficient (Wildman–Crippen LogP) is 2.75. The van der Waals surface area contributed by atoms with Gasteiger partial charge in [0.25, 0.3) is 0 Å². The molecular weight excluding hydrogens is 326 g/mol. The van der Waals surface area contributed by atoms with Crippen molar-refractivity contribution >= 4 is 34.4 Å². The van der Waals surface area contributed by atoms with Gasteiger partial charge in [-0.3, -0.25) is 9.88 Å². The molecule has 3 heterocycles. The number of anilines is 1. The molecule has 122 valence electrons. The molecule has 0 spiro atoms. The molecule has 5 nitrogen and oxygen atoms in total. The fraction of sp³-hybridized carbons (Fsp3) is 0.438. The zero-order valence-electron chi connectivity index (χ0n) is 13.2. The first-order valence-corrected chi connectivity index (χ1v) is 9.09. The highest BCUT2D eigenvalue weighted by Gasteiger charge is 2.17. The molecule has 23 heavy (non-hydrogen) atoms. The summed E-state index contributed by atoms with van der Waals surface area (Å²) < 4.78 is 0. The quantitative estimate of drug-likeness (QED) is 0.862. The lowest BCUT2D eigenvalue weighted by Gasteiger charge is -2.24. The Morgan fingerprint density at radius 2 is 2.26 bits per heavy atom. The molecule has 2 aromatic heterocycles. The van der Waals surface area contributed by atoms with Gasteiger partial charge in [-0.1, -0.05) is 0 Å². The number of thiocarbonyl (C=S) groups is 1. The maximum Gasteiger partial charge on any atom is 0.173 e. The lowest BCUT2D eigenvalue weighted by atomic mass is 10.3. The summed E-state index contributed by atoms with van der Waals surface area (Å²) in [5.74, 6) is 0. The molecule has 0 aromatic carbocycles. The average Bonchev–Trinajstić information content (AvgIpc) is 2.82. The van der Waals surface area contributed by atoms with Crippen LogP contribution in [0.15, 0.2) is 29.9 Å². The van der Waals surface area contributed by atoms with Gasteiger partial charge in [0.15, 0.2) is 5.11 Å². The lowest BCUT2D eigenvalue weighted by Crippen LogP contribution is -2.37. The molecule has 0 atom stereocenters. The van der Waals surface area contributed by atoms with Crippen molar-refractivity contribution in [3.63, 3.8) is 0 Å². The zero-order valence-corrected chi connectivity index (χ0v) is 14.9. The zero-order chi connectivity index (χ0) is 16.1. The fourth-order valence-corrected chi connectivity index (χ4v) is 3.59. The van der Waals surface area contributed by atoms with Crippen molar-refractivity contribution in [1.29, 1.82) is 0 Å². The van der Waals surface area contributed by atoms with Gasteiger partial charge in [-0.05, 0) is 37.7 Å². The number of thiazole rings is 1. The molecule has 1 aliphatic heterocycles. The number of nitrogens with one attached hydrogen (secondary N) is 1. The minimum absolute atomic E-state index is 0.782. The third kappa shape index (κ3) is 4.70.